The molecule has 3 heterocycles. The Balaban J connectivity index is 1.32. The van der Waals surface area contributed by atoms with Gasteiger partial charge >= 0.3 is 12.0 Å². The highest BCUT2D eigenvalue weighted by Crippen LogP contribution is 2.35. The van der Waals surface area contributed by atoms with E-state index < -0.39 is 17.5 Å². The Hall–Kier alpha value is -2.75. The molecule has 142 valence electrons. The summed E-state index contributed by atoms with van der Waals surface area (Å²) in [6.07, 6.45) is 4.62. The van der Waals surface area contributed by atoms with E-state index in [0.29, 0.717) is 23.5 Å². The first-order valence-electron chi connectivity index (χ1n) is 8.74. The Labute approximate surface area is 157 Å². The SMILES string of the molecule is O=C(CCN1C(=O)NC2(CCCC2)C1=O)OCc1cc(=O)n2ccsc2n1. The third-order valence-corrected chi connectivity index (χ3v) is 5.74. The average Bonchev–Trinajstić information content (AvgIpc) is 3.34. The summed E-state index contributed by atoms with van der Waals surface area (Å²) >= 11 is 1.31. The number of hydrogen-bond acceptors (Lipinski definition) is 7. The number of fused-ring (bicyclic) bond motifs is 1. The smallest absolute Gasteiger partial charge is 0.325 e. The standard InChI is InChI=1S/C17H18N4O5S/c22-12-9-11(18-16-20(12)7-8-27-16)10-26-13(23)3-6-21-14(24)17(19-15(21)25)4-1-2-5-17/h7-9H,1-6,10H2,(H,19,25). The molecule has 1 N–H and O–H groups in total. The molecule has 27 heavy (non-hydrogen) atoms. The second-order valence-electron chi connectivity index (χ2n) is 6.73. The third-order valence-electron chi connectivity index (χ3n) is 4.98. The highest BCUT2D eigenvalue weighted by molar-refractivity contribution is 7.15. The van der Waals surface area contributed by atoms with E-state index in [0.717, 1.165) is 17.7 Å². The van der Waals surface area contributed by atoms with Crippen LogP contribution in [0.1, 0.15) is 37.8 Å². The lowest BCUT2D eigenvalue weighted by molar-refractivity contribution is -0.145. The number of nitrogens with zero attached hydrogens (tertiary/aromatic N) is 3. The highest BCUT2D eigenvalue weighted by atomic mass is 32.1. The van der Waals surface area contributed by atoms with Gasteiger partial charge < -0.3 is 10.1 Å². The molecule has 0 radical (unpaired) electrons. The maximum absolute atomic E-state index is 12.5. The maximum Gasteiger partial charge on any atom is 0.325 e. The average molecular weight is 390 g/mol. The van der Waals surface area contributed by atoms with Crippen molar-refractivity contribution >= 4 is 34.2 Å². The van der Waals surface area contributed by atoms with E-state index in [9.17, 15) is 19.2 Å². The molecule has 3 amide bonds. The van der Waals surface area contributed by atoms with Gasteiger partial charge in [-0.3, -0.25) is 23.7 Å². The van der Waals surface area contributed by atoms with Crippen molar-refractivity contribution in [1.29, 1.82) is 0 Å². The quantitative estimate of drug-likeness (QED) is 0.604. The van der Waals surface area contributed by atoms with Crippen molar-refractivity contribution in [3.8, 4) is 0 Å². The zero-order valence-corrected chi connectivity index (χ0v) is 15.3. The molecule has 1 saturated carbocycles. The fourth-order valence-electron chi connectivity index (χ4n) is 3.59. The molecule has 2 fully saturated rings. The molecule has 0 aromatic carbocycles. The Morgan fingerprint density at radius 1 is 1.30 bits per heavy atom. The minimum atomic E-state index is -0.775. The number of ether oxygens (including phenoxy) is 1. The fourth-order valence-corrected chi connectivity index (χ4v) is 4.33. The first-order chi connectivity index (χ1) is 13.0. The molecule has 10 heteroatoms. The maximum atomic E-state index is 12.5. The number of esters is 1. The molecule has 1 aliphatic carbocycles. The van der Waals surface area contributed by atoms with E-state index in [4.69, 9.17) is 4.74 Å². The van der Waals surface area contributed by atoms with E-state index in [-0.39, 0.29) is 31.0 Å². The number of thiazole rings is 1. The Bertz CT molecular complexity index is 975. The van der Waals surface area contributed by atoms with Gasteiger partial charge in [0.15, 0.2) is 4.96 Å². The summed E-state index contributed by atoms with van der Waals surface area (Å²) in [5.41, 5.74) is -0.660. The van der Waals surface area contributed by atoms with Crippen LogP contribution >= 0.6 is 11.3 Å². The number of nitrogens with one attached hydrogen (secondary N) is 1. The molecule has 9 nitrogen and oxygen atoms in total. The summed E-state index contributed by atoms with van der Waals surface area (Å²) in [5.74, 6) is -0.813. The van der Waals surface area contributed by atoms with Crippen molar-refractivity contribution in [2.24, 2.45) is 0 Å². The lowest BCUT2D eigenvalue weighted by Gasteiger charge is -2.19. The molecule has 2 aliphatic rings. The summed E-state index contributed by atoms with van der Waals surface area (Å²) < 4.78 is 6.55. The predicted octanol–water partition coefficient (Wildman–Crippen LogP) is 1.05. The Morgan fingerprint density at radius 3 is 2.85 bits per heavy atom. The van der Waals surface area contributed by atoms with E-state index in [2.05, 4.69) is 10.3 Å². The molecular formula is C17H18N4O5S. The largest absolute Gasteiger partial charge is 0.459 e. The molecule has 0 unspecified atom stereocenters. The zero-order chi connectivity index (χ0) is 19.0. The first-order valence-corrected chi connectivity index (χ1v) is 9.62. The van der Waals surface area contributed by atoms with Crippen molar-refractivity contribution in [2.75, 3.05) is 6.54 Å². The van der Waals surface area contributed by atoms with Crippen molar-refractivity contribution in [3.63, 3.8) is 0 Å². The topological polar surface area (TPSA) is 110 Å². The molecule has 1 saturated heterocycles. The van der Waals surface area contributed by atoms with Gasteiger partial charge in [-0.2, -0.15) is 0 Å². The fraction of sp³-hybridized carbons (Fsp3) is 0.471. The number of carbonyl (C=O) groups is 3. The van der Waals surface area contributed by atoms with Gasteiger partial charge in [-0.25, -0.2) is 9.78 Å². The van der Waals surface area contributed by atoms with Crippen LogP contribution in [0.2, 0.25) is 0 Å². The lowest BCUT2D eigenvalue weighted by atomic mass is 9.98. The Morgan fingerprint density at radius 2 is 2.07 bits per heavy atom. The van der Waals surface area contributed by atoms with Crippen LogP contribution in [0.25, 0.3) is 4.96 Å². The van der Waals surface area contributed by atoms with Crippen LogP contribution in [0.5, 0.6) is 0 Å². The van der Waals surface area contributed by atoms with E-state index >= 15 is 0 Å². The number of hydrogen-bond donors (Lipinski definition) is 1. The Kier molecular flexibility index (Phi) is 4.42. The van der Waals surface area contributed by atoms with Gasteiger partial charge in [-0.05, 0) is 12.8 Å². The van der Waals surface area contributed by atoms with Crippen LogP contribution in [0.4, 0.5) is 4.79 Å². The molecule has 0 atom stereocenters. The van der Waals surface area contributed by atoms with Crippen LogP contribution < -0.4 is 10.9 Å². The monoisotopic (exact) mass is 390 g/mol. The van der Waals surface area contributed by atoms with Crippen molar-refractivity contribution in [3.05, 3.63) is 33.7 Å². The predicted molar refractivity (Wildman–Crippen MR) is 95.2 cm³/mol. The van der Waals surface area contributed by atoms with Gasteiger partial charge in [0.25, 0.3) is 11.5 Å². The summed E-state index contributed by atoms with van der Waals surface area (Å²) in [6, 6.07) is 0.862. The molecule has 1 aliphatic heterocycles. The molecular weight excluding hydrogens is 372 g/mol. The van der Waals surface area contributed by atoms with Gasteiger partial charge in [-0.15, -0.1) is 11.3 Å². The van der Waals surface area contributed by atoms with Crippen LogP contribution in [0.3, 0.4) is 0 Å². The molecule has 4 rings (SSSR count). The van der Waals surface area contributed by atoms with Gasteiger partial charge in [0, 0.05) is 24.2 Å². The van der Waals surface area contributed by atoms with Crippen LogP contribution in [-0.2, 0) is 20.9 Å². The molecule has 2 aromatic heterocycles. The number of aromatic nitrogens is 2. The zero-order valence-electron chi connectivity index (χ0n) is 14.5. The summed E-state index contributed by atoms with van der Waals surface area (Å²) in [7, 11) is 0. The summed E-state index contributed by atoms with van der Waals surface area (Å²) in [4.78, 5) is 54.3. The number of rotatable bonds is 5. The van der Waals surface area contributed by atoms with E-state index in [1.54, 1.807) is 11.6 Å². The van der Waals surface area contributed by atoms with Crippen molar-refractivity contribution in [2.45, 2.75) is 44.2 Å². The van der Waals surface area contributed by atoms with Crippen LogP contribution in [0, 0.1) is 0 Å². The van der Waals surface area contributed by atoms with Crippen LogP contribution in [0.15, 0.2) is 22.4 Å². The third kappa shape index (κ3) is 3.20. The number of urea groups is 1. The van der Waals surface area contributed by atoms with Crippen molar-refractivity contribution < 1.29 is 19.1 Å². The first kappa shape index (κ1) is 17.7. The number of carbonyl (C=O) groups excluding carboxylic acids is 3. The van der Waals surface area contributed by atoms with Gasteiger partial charge in [0.1, 0.15) is 12.1 Å². The normalized spacial score (nSPS) is 18.4. The van der Waals surface area contributed by atoms with Crippen molar-refractivity contribution in [1.82, 2.24) is 19.6 Å². The summed E-state index contributed by atoms with van der Waals surface area (Å²) in [5, 5.41) is 4.52. The highest BCUT2D eigenvalue weighted by Gasteiger charge is 2.52. The number of imide groups is 1. The second-order valence-corrected chi connectivity index (χ2v) is 7.60. The minimum absolute atomic E-state index is 0.0225. The van der Waals surface area contributed by atoms with Gasteiger partial charge in [0.05, 0.1) is 12.1 Å². The van der Waals surface area contributed by atoms with Crippen LogP contribution in [-0.4, -0.2) is 44.3 Å². The minimum Gasteiger partial charge on any atom is -0.459 e. The molecule has 2 aromatic rings. The molecule has 1 spiro atoms. The molecule has 0 bridgehead atoms. The second kappa shape index (κ2) is 6.76. The number of amides is 3. The van der Waals surface area contributed by atoms with E-state index in [1.165, 1.54) is 21.8 Å². The summed E-state index contributed by atoms with van der Waals surface area (Å²) in [6.45, 7) is -0.155. The van der Waals surface area contributed by atoms with E-state index in [1.807, 2.05) is 0 Å². The van der Waals surface area contributed by atoms with Gasteiger partial charge in [-0.1, -0.05) is 12.8 Å². The van der Waals surface area contributed by atoms with Gasteiger partial charge in [0.2, 0.25) is 0 Å². The lowest BCUT2D eigenvalue weighted by Crippen LogP contribution is -2.44.